The number of methoxy groups -OCH3 is 1. The quantitative estimate of drug-likeness (QED) is 0.332. The number of nitrogens with one attached hydrogen (secondary N) is 1. The van der Waals surface area contributed by atoms with Crippen LogP contribution in [0.2, 0.25) is 0 Å². The van der Waals surface area contributed by atoms with Gasteiger partial charge in [-0.05, 0) is 29.7 Å². The summed E-state index contributed by atoms with van der Waals surface area (Å²) in [7, 11) is 3.38. The Balaban J connectivity index is 0.00000341. The molecule has 1 aliphatic heterocycles. The lowest BCUT2D eigenvalue weighted by Crippen LogP contribution is -2.39. The lowest BCUT2D eigenvalue weighted by Gasteiger charge is -2.22. The summed E-state index contributed by atoms with van der Waals surface area (Å²) in [6, 6.07) is 11.2. The Morgan fingerprint density at radius 2 is 1.97 bits per heavy atom. The molecule has 1 unspecified atom stereocenters. The number of nitrogens with zero attached hydrogens (tertiary/aromatic N) is 3. The molecule has 0 aliphatic carbocycles. The van der Waals surface area contributed by atoms with Gasteiger partial charge in [-0.15, -0.1) is 24.0 Å². The Morgan fingerprint density at radius 3 is 2.55 bits per heavy atom. The van der Waals surface area contributed by atoms with Gasteiger partial charge in [0.25, 0.3) is 0 Å². The molecular weight excluding hydrogens is 524 g/mol. The van der Waals surface area contributed by atoms with Crippen molar-refractivity contribution < 1.29 is 22.6 Å². The van der Waals surface area contributed by atoms with Gasteiger partial charge in [0.1, 0.15) is 5.75 Å². The lowest BCUT2D eigenvalue weighted by atomic mass is 9.98. The number of hydrogen-bond donors (Lipinski definition) is 1. The molecule has 1 atom stereocenters. The van der Waals surface area contributed by atoms with Gasteiger partial charge in [-0.2, -0.15) is 13.2 Å². The van der Waals surface area contributed by atoms with Crippen molar-refractivity contribution in [1.29, 1.82) is 0 Å². The minimum atomic E-state index is -4.38. The normalized spacial score (nSPS) is 16.6. The number of benzene rings is 1. The summed E-state index contributed by atoms with van der Waals surface area (Å²) in [5.74, 6) is 1.99. The standard InChI is InChI=1S/C21H25F3N4O2.HI/c1-25-20(27-12-15-3-8-19(26-11-15)30-14-21(22,23)24)28-10-9-17(13-28)16-4-6-18(29-2)7-5-16;/h3-8,11,17H,9-10,12-14H2,1-2H3,(H,25,27);1H. The molecule has 0 saturated carbocycles. The smallest absolute Gasteiger partial charge is 0.422 e. The van der Waals surface area contributed by atoms with Crippen LogP contribution in [0.15, 0.2) is 47.6 Å². The van der Waals surface area contributed by atoms with E-state index in [1.165, 1.54) is 17.8 Å². The summed E-state index contributed by atoms with van der Waals surface area (Å²) in [5.41, 5.74) is 2.09. The van der Waals surface area contributed by atoms with E-state index >= 15 is 0 Å². The predicted octanol–water partition coefficient (Wildman–Crippen LogP) is 4.21. The first kappa shape index (κ1) is 25.0. The Bertz CT molecular complexity index is 845. The topological polar surface area (TPSA) is 59.0 Å². The summed E-state index contributed by atoms with van der Waals surface area (Å²) in [6.07, 6.45) is -1.86. The number of aliphatic imine (C=N–C) groups is 1. The number of ether oxygens (including phenoxy) is 2. The van der Waals surface area contributed by atoms with E-state index in [2.05, 4.69) is 37.1 Å². The molecule has 0 amide bonds. The van der Waals surface area contributed by atoms with Crippen molar-refractivity contribution in [2.75, 3.05) is 33.9 Å². The van der Waals surface area contributed by atoms with Crippen molar-refractivity contribution in [2.45, 2.75) is 25.1 Å². The molecule has 1 aliphatic rings. The van der Waals surface area contributed by atoms with E-state index in [4.69, 9.17) is 4.74 Å². The van der Waals surface area contributed by atoms with Crippen molar-refractivity contribution in [1.82, 2.24) is 15.2 Å². The summed E-state index contributed by atoms with van der Waals surface area (Å²) in [4.78, 5) is 10.5. The highest BCUT2D eigenvalue weighted by Crippen LogP contribution is 2.28. The van der Waals surface area contributed by atoms with Crippen LogP contribution in [0.1, 0.15) is 23.5 Å². The largest absolute Gasteiger partial charge is 0.497 e. The first-order valence-corrected chi connectivity index (χ1v) is 9.62. The Morgan fingerprint density at radius 1 is 1.23 bits per heavy atom. The maximum absolute atomic E-state index is 12.2. The second-order valence-corrected chi connectivity index (χ2v) is 7.01. The van der Waals surface area contributed by atoms with Crippen LogP contribution in [0.3, 0.4) is 0 Å². The number of hydrogen-bond acceptors (Lipinski definition) is 4. The van der Waals surface area contributed by atoms with Crippen LogP contribution in [0.25, 0.3) is 0 Å². The van der Waals surface area contributed by atoms with Gasteiger partial charge in [-0.3, -0.25) is 4.99 Å². The van der Waals surface area contributed by atoms with Crippen LogP contribution in [-0.2, 0) is 6.54 Å². The van der Waals surface area contributed by atoms with Crippen LogP contribution in [0.4, 0.5) is 13.2 Å². The number of likely N-dealkylation sites (tertiary alicyclic amines) is 1. The molecule has 1 aromatic carbocycles. The van der Waals surface area contributed by atoms with E-state index < -0.39 is 12.8 Å². The number of rotatable bonds is 6. The molecule has 0 spiro atoms. The van der Waals surface area contributed by atoms with Gasteiger partial charge in [-0.25, -0.2) is 4.98 Å². The minimum Gasteiger partial charge on any atom is -0.497 e. The fourth-order valence-corrected chi connectivity index (χ4v) is 3.37. The molecule has 1 aromatic heterocycles. The third-order valence-electron chi connectivity index (χ3n) is 4.92. The molecule has 1 saturated heterocycles. The van der Waals surface area contributed by atoms with E-state index in [1.54, 1.807) is 20.2 Å². The number of aromatic nitrogens is 1. The van der Waals surface area contributed by atoms with E-state index in [9.17, 15) is 13.2 Å². The maximum Gasteiger partial charge on any atom is 0.422 e. The summed E-state index contributed by atoms with van der Waals surface area (Å²) in [5, 5.41) is 3.29. The molecule has 0 radical (unpaired) electrons. The van der Waals surface area contributed by atoms with Crippen LogP contribution >= 0.6 is 24.0 Å². The monoisotopic (exact) mass is 550 g/mol. The molecule has 2 aromatic rings. The third-order valence-corrected chi connectivity index (χ3v) is 4.92. The van der Waals surface area contributed by atoms with E-state index in [0.29, 0.717) is 12.5 Å². The molecular formula is C21H26F3IN4O2. The van der Waals surface area contributed by atoms with Crippen LogP contribution in [0.5, 0.6) is 11.6 Å². The number of guanidine groups is 1. The van der Waals surface area contributed by atoms with Crippen molar-refractivity contribution in [3.63, 3.8) is 0 Å². The average Bonchev–Trinajstić information content (AvgIpc) is 3.23. The van der Waals surface area contributed by atoms with Gasteiger partial charge < -0.3 is 19.7 Å². The van der Waals surface area contributed by atoms with E-state index in [0.717, 1.165) is 36.8 Å². The van der Waals surface area contributed by atoms with Crippen LogP contribution < -0.4 is 14.8 Å². The van der Waals surface area contributed by atoms with Gasteiger partial charge in [0.2, 0.25) is 5.88 Å². The molecule has 31 heavy (non-hydrogen) atoms. The van der Waals surface area contributed by atoms with Gasteiger partial charge in [-0.1, -0.05) is 18.2 Å². The summed E-state index contributed by atoms with van der Waals surface area (Å²) in [6.45, 7) is 0.852. The fraction of sp³-hybridized carbons (Fsp3) is 0.429. The van der Waals surface area contributed by atoms with Gasteiger partial charge in [0, 0.05) is 44.9 Å². The first-order valence-electron chi connectivity index (χ1n) is 9.62. The van der Waals surface area contributed by atoms with Crippen molar-refractivity contribution in [3.05, 3.63) is 53.7 Å². The number of alkyl halides is 3. The average molecular weight is 550 g/mol. The zero-order chi connectivity index (χ0) is 21.6. The first-order chi connectivity index (χ1) is 14.4. The second kappa shape index (κ2) is 11.4. The predicted molar refractivity (Wildman–Crippen MR) is 123 cm³/mol. The lowest BCUT2D eigenvalue weighted by molar-refractivity contribution is -0.154. The highest BCUT2D eigenvalue weighted by atomic mass is 127. The van der Waals surface area contributed by atoms with Crippen molar-refractivity contribution in [2.24, 2.45) is 4.99 Å². The van der Waals surface area contributed by atoms with Crippen LogP contribution in [-0.4, -0.2) is 55.9 Å². The third kappa shape index (κ3) is 7.44. The highest BCUT2D eigenvalue weighted by Gasteiger charge is 2.28. The molecule has 0 bridgehead atoms. The Labute approximate surface area is 196 Å². The zero-order valence-electron chi connectivity index (χ0n) is 17.4. The van der Waals surface area contributed by atoms with E-state index in [1.807, 2.05) is 12.1 Å². The molecule has 10 heteroatoms. The molecule has 170 valence electrons. The van der Waals surface area contributed by atoms with E-state index in [-0.39, 0.29) is 29.9 Å². The molecule has 6 nitrogen and oxygen atoms in total. The minimum absolute atomic E-state index is 0. The molecule has 1 N–H and O–H groups in total. The zero-order valence-corrected chi connectivity index (χ0v) is 19.7. The number of halogens is 4. The van der Waals surface area contributed by atoms with Gasteiger partial charge in [0.05, 0.1) is 7.11 Å². The fourth-order valence-electron chi connectivity index (χ4n) is 3.37. The number of pyridine rings is 1. The SMILES string of the molecule is CN=C(NCc1ccc(OCC(F)(F)F)nc1)N1CCC(c2ccc(OC)cc2)C1.I. The maximum atomic E-state index is 12.2. The Kier molecular flexibility index (Phi) is 9.20. The van der Waals surface area contributed by atoms with Crippen molar-refractivity contribution >= 4 is 29.9 Å². The van der Waals surface area contributed by atoms with Gasteiger partial charge >= 0.3 is 6.18 Å². The molecule has 3 rings (SSSR count). The second-order valence-electron chi connectivity index (χ2n) is 7.01. The summed E-state index contributed by atoms with van der Waals surface area (Å²) >= 11 is 0. The Hall–Kier alpha value is -2.24. The van der Waals surface area contributed by atoms with Crippen molar-refractivity contribution in [3.8, 4) is 11.6 Å². The molecule has 2 heterocycles. The summed E-state index contributed by atoms with van der Waals surface area (Å²) < 4.78 is 46.4. The molecule has 1 fully saturated rings. The van der Waals surface area contributed by atoms with Crippen LogP contribution in [0, 0.1) is 0 Å². The highest BCUT2D eigenvalue weighted by molar-refractivity contribution is 14.0. The van der Waals surface area contributed by atoms with Gasteiger partial charge in [0.15, 0.2) is 12.6 Å².